The summed E-state index contributed by atoms with van der Waals surface area (Å²) in [6.07, 6.45) is 1.18. The largest absolute Gasteiger partial charge is 0.309 e. The fourth-order valence-corrected chi connectivity index (χ4v) is 3.04. The predicted molar refractivity (Wildman–Crippen MR) is 74.8 cm³/mol. The highest BCUT2D eigenvalue weighted by Crippen LogP contribution is 2.23. The van der Waals surface area contributed by atoms with E-state index in [2.05, 4.69) is 46.4 Å². The van der Waals surface area contributed by atoms with Crippen LogP contribution in [0, 0.1) is 0 Å². The molecule has 3 nitrogen and oxygen atoms in total. The Balaban J connectivity index is 1.67. The van der Waals surface area contributed by atoms with Crippen molar-refractivity contribution in [3.05, 3.63) is 35.4 Å². The minimum atomic E-state index is 0.526. The van der Waals surface area contributed by atoms with Gasteiger partial charge in [0.05, 0.1) is 0 Å². The number of nitrogens with one attached hydrogen (secondary N) is 1. The summed E-state index contributed by atoms with van der Waals surface area (Å²) in [7, 11) is 2.21. The number of likely N-dealkylation sites (N-methyl/N-ethyl adjacent to an activating group) is 1. The van der Waals surface area contributed by atoms with Crippen LogP contribution < -0.4 is 5.32 Å². The van der Waals surface area contributed by atoms with Crippen molar-refractivity contribution in [2.24, 2.45) is 0 Å². The number of nitrogens with zero attached hydrogens (tertiary/aromatic N) is 2. The molecular weight excluding hydrogens is 222 g/mol. The van der Waals surface area contributed by atoms with Crippen molar-refractivity contribution >= 4 is 0 Å². The van der Waals surface area contributed by atoms with Crippen LogP contribution in [0.4, 0.5) is 0 Å². The van der Waals surface area contributed by atoms with Gasteiger partial charge in [0.15, 0.2) is 0 Å². The number of hydrogen-bond donors (Lipinski definition) is 1. The molecule has 1 aromatic rings. The van der Waals surface area contributed by atoms with Gasteiger partial charge in [-0.2, -0.15) is 0 Å². The lowest BCUT2D eigenvalue weighted by Gasteiger charge is -2.36. The van der Waals surface area contributed by atoms with Crippen molar-refractivity contribution < 1.29 is 0 Å². The molecule has 0 saturated carbocycles. The Kier molecular flexibility index (Phi) is 3.64. The Morgan fingerprint density at radius 1 is 1.17 bits per heavy atom. The average Bonchev–Trinajstić information content (AvgIpc) is 2.42. The van der Waals surface area contributed by atoms with E-state index in [1.165, 1.54) is 43.7 Å². The van der Waals surface area contributed by atoms with Gasteiger partial charge in [0.1, 0.15) is 0 Å². The van der Waals surface area contributed by atoms with Crippen LogP contribution in [0.3, 0.4) is 0 Å². The first kappa shape index (κ1) is 12.2. The van der Waals surface area contributed by atoms with Crippen molar-refractivity contribution in [1.29, 1.82) is 0 Å². The van der Waals surface area contributed by atoms with Gasteiger partial charge in [-0.15, -0.1) is 0 Å². The second kappa shape index (κ2) is 5.39. The van der Waals surface area contributed by atoms with E-state index < -0.39 is 0 Å². The van der Waals surface area contributed by atoms with Crippen LogP contribution in [0.25, 0.3) is 0 Å². The van der Waals surface area contributed by atoms with Gasteiger partial charge in [-0.05, 0) is 31.1 Å². The molecular formula is C15H23N3. The fourth-order valence-electron chi connectivity index (χ4n) is 3.04. The number of rotatable bonds is 2. The lowest BCUT2D eigenvalue weighted by Crippen LogP contribution is -2.48. The van der Waals surface area contributed by atoms with Crippen molar-refractivity contribution in [2.75, 3.05) is 46.3 Å². The monoisotopic (exact) mass is 245 g/mol. The number of benzene rings is 1. The Morgan fingerprint density at radius 2 is 1.94 bits per heavy atom. The molecule has 3 heteroatoms. The molecule has 1 N–H and O–H groups in total. The second-order valence-corrected chi connectivity index (χ2v) is 5.56. The number of hydrogen-bond acceptors (Lipinski definition) is 3. The van der Waals surface area contributed by atoms with E-state index in [0.717, 1.165) is 13.1 Å². The molecule has 1 unspecified atom stereocenters. The molecule has 1 atom stereocenters. The molecule has 1 aromatic carbocycles. The summed E-state index contributed by atoms with van der Waals surface area (Å²) in [5.41, 5.74) is 3.05. The van der Waals surface area contributed by atoms with Gasteiger partial charge in [0.2, 0.25) is 0 Å². The van der Waals surface area contributed by atoms with E-state index in [1.54, 1.807) is 0 Å². The van der Waals surface area contributed by atoms with Gasteiger partial charge in [-0.3, -0.25) is 4.90 Å². The third kappa shape index (κ3) is 2.58. The zero-order valence-corrected chi connectivity index (χ0v) is 11.2. The van der Waals surface area contributed by atoms with Gasteiger partial charge in [0, 0.05) is 38.8 Å². The van der Waals surface area contributed by atoms with Crippen LogP contribution in [0.2, 0.25) is 0 Å². The molecule has 18 heavy (non-hydrogen) atoms. The zero-order valence-electron chi connectivity index (χ0n) is 11.2. The van der Waals surface area contributed by atoms with Gasteiger partial charge in [0.25, 0.3) is 0 Å². The second-order valence-electron chi connectivity index (χ2n) is 5.56. The average molecular weight is 245 g/mol. The molecule has 98 valence electrons. The van der Waals surface area contributed by atoms with Crippen molar-refractivity contribution in [2.45, 2.75) is 12.5 Å². The van der Waals surface area contributed by atoms with E-state index in [-0.39, 0.29) is 0 Å². The van der Waals surface area contributed by atoms with Gasteiger partial charge >= 0.3 is 0 Å². The molecule has 0 aromatic heterocycles. The summed E-state index contributed by atoms with van der Waals surface area (Å²) < 4.78 is 0. The Morgan fingerprint density at radius 3 is 2.78 bits per heavy atom. The van der Waals surface area contributed by atoms with Crippen molar-refractivity contribution in [3.63, 3.8) is 0 Å². The van der Waals surface area contributed by atoms with E-state index in [4.69, 9.17) is 0 Å². The normalized spacial score (nSPS) is 25.9. The molecule has 3 rings (SSSR count). The van der Waals surface area contributed by atoms with Gasteiger partial charge in [-0.25, -0.2) is 0 Å². The third-order valence-electron chi connectivity index (χ3n) is 4.25. The van der Waals surface area contributed by atoms with E-state index in [9.17, 15) is 0 Å². The highest BCUT2D eigenvalue weighted by Gasteiger charge is 2.23. The maximum atomic E-state index is 3.68. The topological polar surface area (TPSA) is 18.5 Å². The quantitative estimate of drug-likeness (QED) is 0.842. The summed E-state index contributed by atoms with van der Waals surface area (Å²) in [6.45, 7) is 7.09. The Hall–Kier alpha value is -0.900. The van der Waals surface area contributed by atoms with Crippen LogP contribution >= 0.6 is 0 Å². The van der Waals surface area contributed by atoms with Crippen LogP contribution in [0.5, 0.6) is 0 Å². The summed E-state index contributed by atoms with van der Waals surface area (Å²) in [5, 5.41) is 3.68. The molecule has 0 amide bonds. The van der Waals surface area contributed by atoms with Crippen molar-refractivity contribution in [1.82, 2.24) is 15.1 Å². The Labute approximate surface area is 110 Å². The maximum Gasteiger partial charge on any atom is 0.0452 e. The summed E-state index contributed by atoms with van der Waals surface area (Å²) in [4.78, 5) is 5.01. The lowest BCUT2D eigenvalue weighted by molar-refractivity contribution is 0.141. The van der Waals surface area contributed by atoms with Crippen LogP contribution in [-0.2, 0) is 6.42 Å². The summed E-state index contributed by atoms with van der Waals surface area (Å²) in [5.74, 6) is 0. The SMILES string of the molecule is CN1CCN(CC2NCCc3ccccc32)CC1. The van der Waals surface area contributed by atoms with Crippen LogP contribution in [0.15, 0.2) is 24.3 Å². The van der Waals surface area contributed by atoms with Gasteiger partial charge in [-0.1, -0.05) is 24.3 Å². The van der Waals surface area contributed by atoms with Crippen LogP contribution in [-0.4, -0.2) is 56.1 Å². The first-order valence-corrected chi connectivity index (χ1v) is 7.05. The molecule has 0 aliphatic carbocycles. The molecule has 1 fully saturated rings. The fraction of sp³-hybridized carbons (Fsp3) is 0.600. The molecule has 2 heterocycles. The third-order valence-corrected chi connectivity index (χ3v) is 4.25. The number of piperazine rings is 1. The summed E-state index contributed by atoms with van der Waals surface area (Å²) >= 11 is 0. The van der Waals surface area contributed by atoms with E-state index >= 15 is 0 Å². The molecule has 2 aliphatic heterocycles. The van der Waals surface area contributed by atoms with Gasteiger partial charge < -0.3 is 10.2 Å². The maximum absolute atomic E-state index is 3.68. The zero-order chi connectivity index (χ0) is 12.4. The standard InChI is InChI=1S/C15H23N3/c1-17-8-10-18(11-9-17)12-15-14-5-3-2-4-13(14)6-7-16-15/h2-5,15-16H,6-12H2,1H3. The Bertz CT molecular complexity index is 396. The molecule has 0 spiro atoms. The molecule has 2 aliphatic rings. The van der Waals surface area contributed by atoms with Crippen LogP contribution in [0.1, 0.15) is 17.2 Å². The molecule has 0 radical (unpaired) electrons. The lowest BCUT2D eigenvalue weighted by atomic mass is 9.94. The molecule has 1 saturated heterocycles. The first-order valence-electron chi connectivity index (χ1n) is 7.05. The van der Waals surface area contributed by atoms with E-state index in [1.807, 2.05) is 0 Å². The van der Waals surface area contributed by atoms with Crippen molar-refractivity contribution in [3.8, 4) is 0 Å². The minimum Gasteiger partial charge on any atom is -0.309 e. The number of fused-ring (bicyclic) bond motifs is 1. The van der Waals surface area contributed by atoms with E-state index in [0.29, 0.717) is 6.04 Å². The first-order chi connectivity index (χ1) is 8.83. The highest BCUT2D eigenvalue weighted by molar-refractivity contribution is 5.32. The highest BCUT2D eigenvalue weighted by atomic mass is 15.3. The predicted octanol–water partition coefficient (Wildman–Crippen LogP) is 1.12. The summed E-state index contributed by atoms with van der Waals surface area (Å²) in [6, 6.07) is 9.44. The molecule has 0 bridgehead atoms. The smallest absolute Gasteiger partial charge is 0.0452 e. The minimum absolute atomic E-state index is 0.526.